The van der Waals surface area contributed by atoms with E-state index in [9.17, 15) is 13.2 Å². The number of benzene rings is 1. The molecule has 0 heterocycles. The SMILES string of the molecule is C=CCC1CCC2CC(c3ccc(OC(F)(F)F)cc3)CC2CC1. The second-order valence-corrected chi connectivity index (χ2v) is 7.35. The van der Waals surface area contributed by atoms with Crippen molar-refractivity contribution in [3.63, 3.8) is 0 Å². The Morgan fingerprint density at radius 3 is 2.08 bits per heavy atom. The Morgan fingerprint density at radius 1 is 1.00 bits per heavy atom. The third kappa shape index (κ3) is 4.34. The van der Waals surface area contributed by atoms with Crippen molar-refractivity contribution in [2.24, 2.45) is 17.8 Å². The summed E-state index contributed by atoms with van der Waals surface area (Å²) in [5, 5.41) is 0. The van der Waals surface area contributed by atoms with E-state index in [4.69, 9.17) is 0 Å². The van der Waals surface area contributed by atoms with Crippen LogP contribution in [0.15, 0.2) is 36.9 Å². The van der Waals surface area contributed by atoms with Crippen molar-refractivity contribution in [1.29, 1.82) is 0 Å². The lowest BCUT2D eigenvalue weighted by Crippen LogP contribution is -2.17. The first-order chi connectivity index (χ1) is 11.4. The van der Waals surface area contributed by atoms with E-state index in [0.29, 0.717) is 5.92 Å². The maximum Gasteiger partial charge on any atom is 0.573 e. The lowest BCUT2D eigenvalue weighted by atomic mass is 9.91. The Morgan fingerprint density at radius 2 is 1.58 bits per heavy atom. The molecule has 0 saturated heterocycles. The first-order valence-electron chi connectivity index (χ1n) is 8.91. The van der Waals surface area contributed by atoms with Crippen LogP contribution in [0.3, 0.4) is 0 Å². The van der Waals surface area contributed by atoms with Gasteiger partial charge >= 0.3 is 6.36 Å². The highest BCUT2D eigenvalue weighted by Gasteiger charge is 2.37. The minimum atomic E-state index is -4.62. The van der Waals surface area contributed by atoms with E-state index in [2.05, 4.69) is 11.3 Å². The molecule has 0 aliphatic heterocycles. The number of rotatable bonds is 4. The van der Waals surface area contributed by atoms with E-state index in [1.165, 1.54) is 50.7 Å². The van der Waals surface area contributed by atoms with Gasteiger partial charge < -0.3 is 4.74 Å². The Balaban J connectivity index is 1.59. The minimum absolute atomic E-state index is 0.134. The zero-order valence-corrected chi connectivity index (χ0v) is 13.9. The van der Waals surface area contributed by atoms with Crippen LogP contribution in [0.25, 0.3) is 0 Å². The van der Waals surface area contributed by atoms with Gasteiger partial charge in [-0.25, -0.2) is 0 Å². The molecular formula is C20H25F3O. The summed E-state index contributed by atoms with van der Waals surface area (Å²) < 4.78 is 40.7. The molecule has 24 heavy (non-hydrogen) atoms. The summed E-state index contributed by atoms with van der Waals surface area (Å²) in [4.78, 5) is 0. The molecule has 0 bridgehead atoms. The van der Waals surface area contributed by atoms with E-state index >= 15 is 0 Å². The van der Waals surface area contributed by atoms with Gasteiger partial charge in [0.1, 0.15) is 5.75 Å². The van der Waals surface area contributed by atoms with Crippen molar-refractivity contribution < 1.29 is 17.9 Å². The fraction of sp³-hybridized carbons (Fsp3) is 0.600. The summed E-state index contributed by atoms with van der Waals surface area (Å²) in [7, 11) is 0. The molecule has 0 radical (unpaired) electrons. The normalized spacial score (nSPS) is 30.5. The molecule has 1 aromatic carbocycles. The Labute approximate surface area is 141 Å². The predicted octanol–water partition coefficient (Wildman–Crippen LogP) is 6.46. The highest BCUT2D eigenvalue weighted by molar-refractivity contribution is 5.30. The second kappa shape index (κ2) is 7.20. The van der Waals surface area contributed by atoms with E-state index < -0.39 is 6.36 Å². The van der Waals surface area contributed by atoms with Gasteiger partial charge in [0.05, 0.1) is 0 Å². The van der Waals surface area contributed by atoms with Crippen LogP contribution in [0.1, 0.15) is 56.4 Å². The topological polar surface area (TPSA) is 9.23 Å². The summed E-state index contributed by atoms with van der Waals surface area (Å²) in [5.74, 6) is 2.69. The molecule has 1 nitrogen and oxygen atoms in total. The fourth-order valence-electron chi connectivity index (χ4n) is 4.65. The largest absolute Gasteiger partial charge is 0.573 e. The summed E-state index contributed by atoms with van der Waals surface area (Å²) in [5.41, 5.74) is 1.15. The molecule has 2 unspecified atom stereocenters. The van der Waals surface area contributed by atoms with Crippen LogP contribution >= 0.6 is 0 Å². The third-order valence-electron chi connectivity index (χ3n) is 5.82. The fourth-order valence-corrected chi connectivity index (χ4v) is 4.65. The van der Waals surface area contributed by atoms with Gasteiger partial charge in [-0.2, -0.15) is 0 Å². The quantitative estimate of drug-likeness (QED) is 0.572. The maximum atomic E-state index is 12.2. The summed E-state index contributed by atoms with van der Waals surface area (Å²) in [6, 6.07) is 6.49. The van der Waals surface area contributed by atoms with Crippen LogP contribution in [0.4, 0.5) is 13.2 Å². The van der Waals surface area contributed by atoms with E-state index in [1.54, 1.807) is 12.1 Å². The average molecular weight is 338 g/mol. The number of allylic oxidation sites excluding steroid dienone is 1. The van der Waals surface area contributed by atoms with E-state index in [-0.39, 0.29) is 5.75 Å². The number of hydrogen-bond acceptors (Lipinski definition) is 1. The van der Waals surface area contributed by atoms with Gasteiger partial charge in [0.25, 0.3) is 0 Å². The molecule has 2 atom stereocenters. The number of halogens is 3. The van der Waals surface area contributed by atoms with Crippen molar-refractivity contribution >= 4 is 0 Å². The first kappa shape index (κ1) is 17.4. The lowest BCUT2D eigenvalue weighted by molar-refractivity contribution is -0.274. The van der Waals surface area contributed by atoms with Crippen molar-refractivity contribution in [3.05, 3.63) is 42.5 Å². The Bertz CT molecular complexity index is 533. The molecule has 0 aromatic heterocycles. The highest BCUT2D eigenvalue weighted by Crippen LogP contribution is 2.49. The Kier molecular flexibility index (Phi) is 5.21. The molecule has 2 aliphatic rings. The molecule has 1 aromatic rings. The van der Waals surface area contributed by atoms with E-state index in [1.807, 2.05) is 6.08 Å². The smallest absolute Gasteiger partial charge is 0.406 e. The maximum absolute atomic E-state index is 12.2. The minimum Gasteiger partial charge on any atom is -0.406 e. The van der Waals surface area contributed by atoms with Crippen LogP contribution in [0.5, 0.6) is 5.75 Å². The molecule has 2 fully saturated rings. The van der Waals surface area contributed by atoms with Gasteiger partial charge in [0.15, 0.2) is 0 Å². The first-order valence-corrected chi connectivity index (χ1v) is 8.91. The zero-order valence-electron chi connectivity index (χ0n) is 13.9. The van der Waals surface area contributed by atoms with Crippen molar-refractivity contribution in [2.45, 2.75) is 57.2 Å². The number of fused-ring (bicyclic) bond motifs is 1. The number of hydrogen-bond donors (Lipinski definition) is 0. The standard InChI is InChI=1S/C20H25F3O/c1-2-3-14-4-6-16-12-18(13-17(16)7-5-14)15-8-10-19(11-9-15)24-20(21,22)23/h2,8-11,14,16-18H,1,3-7,12-13H2. The van der Waals surface area contributed by atoms with Crippen LogP contribution in [0.2, 0.25) is 0 Å². The van der Waals surface area contributed by atoms with Gasteiger partial charge in [0.2, 0.25) is 0 Å². The Hall–Kier alpha value is -1.45. The van der Waals surface area contributed by atoms with Crippen LogP contribution in [0, 0.1) is 17.8 Å². The summed E-state index contributed by atoms with van der Waals surface area (Å²) in [6.45, 7) is 3.86. The monoisotopic (exact) mass is 338 g/mol. The number of alkyl halides is 3. The molecule has 3 rings (SSSR count). The summed E-state index contributed by atoms with van der Waals surface area (Å²) >= 11 is 0. The molecule has 2 aliphatic carbocycles. The van der Waals surface area contributed by atoms with Crippen LogP contribution in [-0.4, -0.2) is 6.36 Å². The van der Waals surface area contributed by atoms with Crippen molar-refractivity contribution in [2.75, 3.05) is 0 Å². The van der Waals surface area contributed by atoms with Crippen LogP contribution in [-0.2, 0) is 0 Å². The molecule has 0 spiro atoms. The molecule has 0 N–H and O–H groups in total. The van der Waals surface area contributed by atoms with Crippen LogP contribution < -0.4 is 4.74 Å². The number of ether oxygens (including phenoxy) is 1. The molecule has 132 valence electrons. The van der Waals surface area contributed by atoms with Gasteiger partial charge in [0, 0.05) is 0 Å². The van der Waals surface area contributed by atoms with E-state index in [0.717, 1.165) is 29.7 Å². The predicted molar refractivity (Wildman–Crippen MR) is 88.9 cm³/mol. The van der Waals surface area contributed by atoms with Crippen molar-refractivity contribution in [3.8, 4) is 5.75 Å². The molecular weight excluding hydrogens is 313 g/mol. The molecule has 4 heteroatoms. The second-order valence-electron chi connectivity index (χ2n) is 7.35. The van der Waals surface area contributed by atoms with Crippen molar-refractivity contribution in [1.82, 2.24) is 0 Å². The van der Waals surface area contributed by atoms with Gasteiger partial charge in [-0.3, -0.25) is 0 Å². The molecule has 0 amide bonds. The lowest BCUT2D eigenvalue weighted by Gasteiger charge is -2.15. The molecule has 2 saturated carbocycles. The van der Waals surface area contributed by atoms with Gasteiger partial charge in [-0.1, -0.05) is 18.2 Å². The third-order valence-corrected chi connectivity index (χ3v) is 5.82. The highest BCUT2D eigenvalue weighted by atomic mass is 19.4. The zero-order chi connectivity index (χ0) is 17.2. The van der Waals surface area contributed by atoms with Gasteiger partial charge in [-0.15, -0.1) is 19.8 Å². The average Bonchev–Trinajstić information content (AvgIpc) is 2.84. The van der Waals surface area contributed by atoms with Gasteiger partial charge in [-0.05, 0) is 86.3 Å². The summed E-state index contributed by atoms with van der Waals surface area (Å²) in [6.07, 6.45) is 6.04.